The standard InChI is InChI=1S/C15H26N4O7/c1-8(2)5-10(15(25)26)19-12(21)7-17-14(24)9(3-4-13(22)23)18-11(20)6-16/h8-10H,3-7,16H2,1-2H3,(H,17,24)(H,18,20)(H,19,21)(H,22,23)(H,25,26). The molecule has 0 aromatic heterocycles. The van der Waals surface area contributed by atoms with E-state index in [-0.39, 0.29) is 31.7 Å². The number of hydrogen-bond donors (Lipinski definition) is 6. The quantitative estimate of drug-likeness (QED) is 0.227. The number of nitrogens with one attached hydrogen (secondary N) is 3. The fraction of sp³-hybridized carbons (Fsp3) is 0.667. The van der Waals surface area contributed by atoms with Gasteiger partial charge in [0.1, 0.15) is 12.1 Å². The Morgan fingerprint density at radius 2 is 1.54 bits per heavy atom. The van der Waals surface area contributed by atoms with E-state index in [0.29, 0.717) is 0 Å². The van der Waals surface area contributed by atoms with E-state index in [2.05, 4.69) is 16.0 Å². The maximum atomic E-state index is 12.1. The van der Waals surface area contributed by atoms with E-state index < -0.39 is 48.3 Å². The van der Waals surface area contributed by atoms with Crippen LogP contribution in [0.3, 0.4) is 0 Å². The summed E-state index contributed by atoms with van der Waals surface area (Å²) < 4.78 is 0. The minimum Gasteiger partial charge on any atom is -0.481 e. The number of hydrogen-bond acceptors (Lipinski definition) is 6. The molecule has 0 aliphatic heterocycles. The fourth-order valence-corrected chi connectivity index (χ4v) is 2.02. The van der Waals surface area contributed by atoms with E-state index >= 15 is 0 Å². The van der Waals surface area contributed by atoms with Crippen LogP contribution in [-0.2, 0) is 24.0 Å². The van der Waals surface area contributed by atoms with E-state index in [1.807, 2.05) is 0 Å². The van der Waals surface area contributed by atoms with Crippen LogP contribution >= 0.6 is 0 Å². The molecule has 0 bridgehead atoms. The summed E-state index contributed by atoms with van der Waals surface area (Å²) in [7, 11) is 0. The first kappa shape index (κ1) is 23.3. The van der Waals surface area contributed by atoms with Gasteiger partial charge in [0.05, 0.1) is 13.1 Å². The number of carboxylic acid groups (broad SMARTS) is 2. The minimum absolute atomic E-state index is 0.0397. The molecule has 0 aromatic rings. The number of amides is 3. The van der Waals surface area contributed by atoms with Crippen molar-refractivity contribution in [1.82, 2.24) is 16.0 Å². The van der Waals surface area contributed by atoms with Crippen LogP contribution in [0.1, 0.15) is 33.1 Å². The van der Waals surface area contributed by atoms with Crippen molar-refractivity contribution in [3.05, 3.63) is 0 Å². The SMILES string of the molecule is CC(C)CC(NC(=O)CNC(=O)C(CCC(=O)O)NC(=O)CN)C(=O)O. The Kier molecular flexibility index (Phi) is 10.6. The minimum atomic E-state index is -1.19. The van der Waals surface area contributed by atoms with Crippen LogP contribution in [0.15, 0.2) is 0 Å². The molecule has 0 spiro atoms. The van der Waals surface area contributed by atoms with Crippen molar-refractivity contribution in [2.75, 3.05) is 13.1 Å². The van der Waals surface area contributed by atoms with Gasteiger partial charge in [0, 0.05) is 6.42 Å². The van der Waals surface area contributed by atoms with Crippen LogP contribution in [0, 0.1) is 5.92 Å². The van der Waals surface area contributed by atoms with E-state index in [1.54, 1.807) is 13.8 Å². The summed E-state index contributed by atoms with van der Waals surface area (Å²) in [6.07, 6.45) is -0.326. The molecule has 0 aromatic carbocycles. The Balaban J connectivity index is 4.66. The van der Waals surface area contributed by atoms with Gasteiger partial charge in [-0.15, -0.1) is 0 Å². The first-order chi connectivity index (χ1) is 12.1. The molecular formula is C15H26N4O7. The van der Waals surface area contributed by atoms with Crippen molar-refractivity contribution in [1.29, 1.82) is 0 Å². The molecular weight excluding hydrogens is 348 g/mol. The Hall–Kier alpha value is -2.69. The van der Waals surface area contributed by atoms with Gasteiger partial charge in [-0.05, 0) is 18.8 Å². The second-order valence-corrected chi connectivity index (χ2v) is 6.06. The fourth-order valence-electron chi connectivity index (χ4n) is 2.02. The Morgan fingerprint density at radius 1 is 0.962 bits per heavy atom. The average molecular weight is 374 g/mol. The van der Waals surface area contributed by atoms with Crippen molar-refractivity contribution in [3.8, 4) is 0 Å². The van der Waals surface area contributed by atoms with E-state index in [9.17, 15) is 24.0 Å². The molecule has 0 aliphatic rings. The van der Waals surface area contributed by atoms with Crippen molar-refractivity contribution in [3.63, 3.8) is 0 Å². The number of carboxylic acids is 2. The summed E-state index contributed by atoms with van der Waals surface area (Å²) in [5, 5.41) is 24.6. The third-order valence-electron chi connectivity index (χ3n) is 3.25. The highest BCUT2D eigenvalue weighted by Gasteiger charge is 2.24. The van der Waals surface area contributed by atoms with Gasteiger partial charge < -0.3 is 31.9 Å². The molecule has 0 fully saturated rings. The number of nitrogens with two attached hydrogens (primary N) is 1. The monoisotopic (exact) mass is 374 g/mol. The third kappa shape index (κ3) is 10.2. The molecule has 0 saturated heterocycles. The average Bonchev–Trinajstić information content (AvgIpc) is 2.54. The topological polar surface area (TPSA) is 188 Å². The number of rotatable bonds is 12. The molecule has 7 N–H and O–H groups in total. The number of aliphatic carboxylic acids is 2. The van der Waals surface area contributed by atoms with Gasteiger partial charge in [-0.3, -0.25) is 19.2 Å². The van der Waals surface area contributed by atoms with Crippen molar-refractivity contribution in [2.24, 2.45) is 11.7 Å². The summed E-state index contributed by atoms with van der Waals surface area (Å²) in [6, 6.07) is -2.25. The Bertz CT molecular complexity index is 536. The molecule has 2 atom stereocenters. The molecule has 0 aliphatic carbocycles. The lowest BCUT2D eigenvalue weighted by Gasteiger charge is -2.19. The van der Waals surface area contributed by atoms with Gasteiger partial charge >= 0.3 is 11.9 Å². The van der Waals surface area contributed by atoms with Gasteiger partial charge in [-0.25, -0.2) is 4.79 Å². The summed E-state index contributed by atoms with van der Waals surface area (Å²) in [5.41, 5.74) is 5.14. The summed E-state index contributed by atoms with van der Waals surface area (Å²) in [5.74, 6) is -4.43. The number of carbonyl (C=O) groups excluding carboxylic acids is 3. The van der Waals surface area contributed by atoms with Crippen LogP contribution in [0.2, 0.25) is 0 Å². The molecule has 11 heteroatoms. The van der Waals surface area contributed by atoms with E-state index in [0.717, 1.165) is 0 Å². The van der Waals surface area contributed by atoms with Gasteiger partial charge in [0.15, 0.2) is 0 Å². The summed E-state index contributed by atoms with van der Waals surface area (Å²) >= 11 is 0. The lowest BCUT2D eigenvalue weighted by Crippen LogP contribution is -2.51. The molecule has 3 amide bonds. The molecule has 0 rings (SSSR count). The zero-order chi connectivity index (χ0) is 20.3. The molecule has 26 heavy (non-hydrogen) atoms. The van der Waals surface area contributed by atoms with Gasteiger partial charge in [0.25, 0.3) is 0 Å². The lowest BCUT2D eigenvalue weighted by molar-refractivity contribution is -0.142. The molecule has 148 valence electrons. The summed E-state index contributed by atoms with van der Waals surface area (Å²) in [4.78, 5) is 56.9. The Labute approximate surface area is 150 Å². The second kappa shape index (κ2) is 11.8. The van der Waals surface area contributed by atoms with Gasteiger partial charge in [-0.2, -0.15) is 0 Å². The van der Waals surface area contributed by atoms with Crippen LogP contribution in [-0.4, -0.2) is 65.0 Å². The normalized spacial score (nSPS) is 12.8. The van der Waals surface area contributed by atoms with Crippen LogP contribution in [0.25, 0.3) is 0 Å². The molecule has 0 saturated carbocycles. The highest BCUT2D eigenvalue weighted by Crippen LogP contribution is 2.04. The molecule has 0 heterocycles. The predicted molar refractivity (Wildman–Crippen MR) is 89.9 cm³/mol. The van der Waals surface area contributed by atoms with Gasteiger partial charge in [-0.1, -0.05) is 13.8 Å². The van der Waals surface area contributed by atoms with Crippen molar-refractivity contribution in [2.45, 2.75) is 45.2 Å². The van der Waals surface area contributed by atoms with Crippen LogP contribution in [0.5, 0.6) is 0 Å². The first-order valence-corrected chi connectivity index (χ1v) is 8.07. The predicted octanol–water partition coefficient (Wildman–Crippen LogP) is -1.97. The molecule has 11 nitrogen and oxygen atoms in total. The molecule has 2 unspecified atom stereocenters. The van der Waals surface area contributed by atoms with E-state index in [4.69, 9.17) is 15.9 Å². The van der Waals surface area contributed by atoms with Crippen LogP contribution in [0.4, 0.5) is 0 Å². The highest BCUT2D eigenvalue weighted by atomic mass is 16.4. The second-order valence-electron chi connectivity index (χ2n) is 6.06. The lowest BCUT2D eigenvalue weighted by atomic mass is 10.0. The zero-order valence-electron chi connectivity index (χ0n) is 14.8. The zero-order valence-corrected chi connectivity index (χ0v) is 14.8. The van der Waals surface area contributed by atoms with Crippen LogP contribution < -0.4 is 21.7 Å². The maximum Gasteiger partial charge on any atom is 0.326 e. The number of carbonyl (C=O) groups is 5. The Morgan fingerprint density at radius 3 is 2.00 bits per heavy atom. The highest BCUT2D eigenvalue weighted by molar-refractivity contribution is 5.92. The molecule has 0 radical (unpaired) electrons. The van der Waals surface area contributed by atoms with Crippen molar-refractivity contribution < 1.29 is 34.2 Å². The third-order valence-corrected chi connectivity index (χ3v) is 3.25. The van der Waals surface area contributed by atoms with Gasteiger partial charge in [0.2, 0.25) is 17.7 Å². The maximum absolute atomic E-state index is 12.1. The van der Waals surface area contributed by atoms with Crippen molar-refractivity contribution >= 4 is 29.7 Å². The first-order valence-electron chi connectivity index (χ1n) is 8.07. The van der Waals surface area contributed by atoms with E-state index in [1.165, 1.54) is 0 Å². The smallest absolute Gasteiger partial charge is 0.326 e. The largest absolute Gasteiger partial charge is 0.481 e. The summed E-state index contributed by atoms with van der Waals surface area (Å²) in [6.45, 7) is 2.71.